The predicted octanol–water partition coefficient (Wildman–Crippen LogP) is 1.97. The quantitative estimate of drug-likeness (QED) is 0.616. The van der Waals surface area contributed by atoms with Gasteiger partial charge in [0, 0.05) is 0 Å². The van der Waals surface area contributed by atoms with E-state index in [2.05, 4.69) is 6.58 Å². The summed E-state index contributed by atoms with van der Waals surface area (Å²) in [6.45, 7) is 5.24. The van der Waals surface area contributed by atoms with Gasteiger partial charge in [-0.15, -0.1) is 0 Å². The molecular formula is C9H10O2. The van der Waals surface area contributed by atoms with Gasteiger partial charge in [-0.05, 0) is 24.6 Å². The minimum absolute atomic E-state index is 0.0277. The molecule has 11 heavy (non-hydrogen) atoms. The average molecular weight is 150 g/mol. The first-order chi connectivity index (χ1) is 5.20. The molecular weight excluding hydrogens is 140 g/mol. The zero-order valence-electron chi connectivity index (χ0n) is 6.46. The molecule has 2 heteroatoms. The average Bonchev–Trinajstić information content (AvgIpc) is 2.39. The molecule has 58 valence electrons. The summed E-state index contributed by atoms with van der Waals surface area (Å²) in [6.07, 6.45) is 1.88. The fraction of sp³-hybridized carbons (Fsp3) is 0.222. The summed E-state index contributed by atoms with van der Waals surface area (Å²) in [5, 5.41) is 0. The van der Waals surface area contributed by atoms with Crippen LogP contribution in [0.3, 0.4) is 0 Å². The van der Waals surface area contributed by atoms with Gasteiger partial charge in [0.15, 0.2) is 5.78 Å². The number of Topliss-reactive ketones (excluding diaryl/α,β-unsaturated/α-hetero) is 1. The van der Waals surface area contributed by atoms with E-state index in [0.29, 0.717) is 17.8 Å². The van der Waals surface area contributed by atoms with E-state index in [1.165, 1.54) is 0 Å². The summed E-state index contributed by atoms with van der Waals surface area (Å²) in [5.41, 5.74) is 0.571. The van der Waals surface area contributed by atoms with Crippen LogP contribution in [0.5, 0.6) is 0 Å². The van der Waals surface area contributed by atoms with Gasteiger partial charge in [0.05, 0.1) is 12.7 Å². The summed E-state index contributed by atoms with van der Waals surface area (Å²) in [7, 11) is 0. The molecule has 0 spiro atoms. The predicted molar refractivity (Wildman–Crippen MR) is 42.2 cm³/mol. The van der Waals surface area contributed by atoms with Gasteiger partial charge in [-0.3, -0.25) is 4.79 Å². The Kier molecular flexibility index (Phi) is 2.26. The van der Waals surface area contributed by atoms with E-state index in [4.69, 9.17) is 4.42 Å². The molecule has 1 heterocycles. The Morgan fingerprint density at radius 3 is 2.91 bits per heavy atom. The summed E-state index contributed by atoms with van der Waals surface area (Å²) < 4.78 is 4.99. The summed E-state index contributed by atoms with van der Waals surface area (Å²) in [6, 6.07) is 3.54. The normalized spacial score (nSPS) is 9.55. The number of furan rings is 1. The summed E-state index contributed by atoms with van der Waals surface area (Å²) in [5.74, 6) is 0.720. The molecule has 0 amide bonds. The summed E-state index contributed by atoms with van der Waals surface area (Å²) in [4.78, 5) is 11.1. The third kappa shape index (κ3) is 2.08. The Hall–Kier alpha value is -1.31. The molecule has 1 aromatic heterocycles. The molecule has 1 rings (SSSR count). The van der Waals surface area contributed by atoms with Crippen LogP contribution in [-0.4, -0.2) is 5.78 Å². The van der Waals surface area contributed by atoms with Crippen molar-refractivity contribution in [2.24, 2.45) is 0 Å². The van der Waals surface area contributed by atoms with Gasteiger partial charge in [0.25, 0.3) is 0 Å². The second-order valence-corrected chi connectivity index (χ2v) is 2.46. The molecule has 0 N–H and O–H groups in total. The van der Waals surface area contributed by atoms with Crippen molar-refractivity contribution < 1.29 is 9.21 Å². The zero-order valence-corrected chi connectivity index (χ0v) is 6.46. The highest BCUT2D eigenvalue weighted by atomic mass is 16.3. The number of hydrogen-bond acceptors (Lipinski definition) is 2. The lowest BCUT2D eigenvalue weighted by Gasteiger charge is -1.94. The van der Waals surface area contributed by atoms with Crippen molar-refractivity contribution in [2.45, 2.75) is 13.3 Å². The molecule has 0 aliphatic carbocycles. The fourth-order valence-electron chi connectivity index (χ4n) is 0.722. The molecule has 0 fully saturated rings. The molecule has 0 bridgehead atoms. The Morgan fingerprint density at radius 1 is 1.73 bits per heavy atom. The first-order valence-corrected chi connectivity index (χ1v) is 3.41. The minimum atomic E-state index is 0.0277. The van der Waals surface area contributed by atoms with E-state index in [-0.39, 0.29) is 5.78 Å². The molecule has 0 saturated heterocycles. The monoisotopic (exact) mass is 150 g/mol. The number of rotatable bonds is 3. The highest BCUT2D eigenvalue weighted by Gasteiger charge is 2.04. The third-order valence-electron chi connectivity index (χ3n) is 1.39. The second kappa shape index (κ2) is 3.19. The highest BCUT2D eigenvalue weighted by molar-refractivity contribution is 5.95. The third-order valence-corrected chi connectivity index (χ3v) is 1.39. The number of hydrogen-bond donors (Lipinski definition) is 0. The van der Waals surface area contributed by atoms with Crippen molar-refractivity contribution in [3.05, 3.63) is 36.3 Å². The maximum absolute atomic E-state index is 11.1. The Balaban J connectivity index is 2.57. The van der Waals surface area contributed by atoms with Crippen LogP contribution in [0.1, 0.15) is 12.7 Å². The van der Waals surface area contributed by atoms with Gasteiger partial charge in [-0.2, -0.15) is 0 Å². The van der Waals surface area contributed by atoms with Crippen molar-refractivity contribution in [3.63, 3.8) is 0 Å². The Morgan fingerprint density at radius 2 is 2.45 bits per heavy atom. The van der Waals surface area contributed by atoms with E-state index in [0.717, 1.165) is 0 Å². The largest absolute Gasteiger partial charge is 0.469 e. The molecule has 0 atom stereocenters. The van der Waals surface area contributed by atoms with Crippen LogP contribution >= 0.6 is 0 Å². The Bertz CT molecular complexity index is 257. The van der Waals surface area contributed by atoms with Crippen molar-refractivity contribution in [1.29, 1.82) is 0 Å². The van der Waals surface area contributed by atoms with E-state index in [1.54, 1.807) is 25.3 Å². The number of carbonyl (C=O) groups excluding carboxylic acids is 1. The molecule has 0 aliphatic heterocycles. The van der Waals surface area contributed by atoms with E-state index in [9.17, 15) is 4.79 Å². The Labute approximate surface area is 65.5 Å². The maximum atomic E-state index is 11.1. The first-order valence-electron chi connectivity index (χ1n) is 3.41. The maximum Gasteiger partial charge on any atom is 0.165 e. The van der Waals surface area contributed by atoms with Crippen molar-refractivity contribution in [2.75, 3.05) is 0 Å². The minimum Gasteiger partial charge on any atom is -0.469 e. The summed E-state index contributed by atoms with van der Waals surface area (Å²) >= 11 is 0. The lowest BCUT2D eigenvalue weighted by Crippen LogP contribution is -2.01. The van der Waals surface area contributed by atoms with Crippen LogP contribution in [-0.2, 0) is 11.2 Å². The van der Waals surface area contributed by atoms with Gasteiger partial charge < -0.3 is 4.42 Å². The van der Waals surface area contributed by atoms with Crippen LogP contribution in [0.25, 0.3) is 0 Å². The molecule has 2 nitrogen and oxygen atoms in total. The van der Waals surface area contributed by atoms with E-state index >= 15 is 0 Å². The molecule has 0 saturated carbocycles. The van der Waals surface area contributed by atoms with Gasteiger partial charge >= 0.3 is 0 Å². The number of allylic oxidation sites excluding steroid dienone is 1. The molecule has 0 aromatic carbocycles. The van der Waals surface area contributed by atoms with E-state index < -0.39 is 0 Å². The van der Waals surface area contributed by atoms with Crippen LogP contribution in [0, 0.1) is 0 Å². The van der Waals surface area contributed by atoms with Crippen LogP contribution in [0.15, 0.2) is 35.0 Å². The zero-order chi connectivity index (χ0) is 8.27. The van der Waals surface area contributed by atoms with Gasteiger partial charge in [-0.1, -0.05) is 6.58 Å². The first kappa shape index (κ1) is 7.79. The van der Waals surface area contributed by atoms with E-state index in [1.807, 2.05) is 0 Å². The topological polar surface area (TPSA) is 30.2 Å². The van der Waals surface area contributed by atoms with Gasteiger partial charge in [0.2, 0.25) is 0 Å². The van der Waals surface area contributed by atoms with Crippen LogP contribution in [0.4, 0.5) is 0 Å². The van der Waals surface area contributed by atoms with Gasteiger partial charge in [-0.25, -0.2) is 0 Å². The van der Waals surface area contributed by atoms with Crippen molar-refractivity contribution in [3.8, 4) is 0 Å². The molecule has 0 aliphatic rings. The lowest BCUT2D eigenvalue weighted by atomic mass is 10.1. The van der Waals surface area contributed by atoms with Crippen LogP contribution in [0.2, 0.25) is 0 Å². The van der Waals surface area contributed by atoms with Crippen molar-refractivity contribution in [1.82, 2.24) is 0 Å². The van der Waals surface area contributed by atoms with Crippen molar-refractivity contribution >= 4 is 5.78 Å². The van der Waals surface area contributed by atoms with Gasteiger partial charge in [0.1, 0.15) is 5.76 Å². The standard InChI is InChI=1S/C9H10O2/c1-7(2)9(10)6-8-4-3-5-11-8/h3-5H,1,6H2,2H3. The molecule has 0 radical (unpaired) electrons. The van der Waals surface area contributed by atoms with Crippen LogP contribution < -0.4 is 0 Å². The smallest absolute Gasteiger partial charge is 0.165 e. The highest BCUT2D eigenvalue weighted by Crippen LogP contribution is 2.04. The number of ketones is 1. The molecule has 1 aromatic rings. The number of carbonyl (C=O) groups is 1. The SMILES string of the molecule is C=C(C)C(=O)Cc1ccco1. The lowest BCUT2D eigenvalue weighted by molar-refractivity contribution is -0.115. The second-order valence-electron chi connectivity index (χ2n) is 2.46. The molecule has 0 unspecified atom stereocenters. The fourth-order valence-corrected chi connectivity index (χ4v) is 0.722.